The standard InChI is InChI=1S/C10H6N2O2/c11-4-3-7-1-2-9-10(8(7)5-12)14-6-13-9/h1-2H,3,6H2. The quantitative estimate of drug-likeness (QED) is 0.664. The predicted molar refractivity (Wildman–Crippen MR) is 46.6 cm³/mol. The minimum Gasteiger partial charge on any atom is -0.454 e. The summed E-state index contributed by atoms with van der Waals surface area (Å²) in [6.07, 6.45) is 0.208. The Morgan fingerprint density at radius 3 is 2.86 bits per heavy atom. The van der Waals surface area contributed by atoms with Crippen molar-refractivity contribution in [3.63, 3.8) is 0 Å². The molecular weight excluding hydrogens is 180 g/mol. The maximum atomic E-state index is 8.91. The van der Waals surface area contributed by atoms with Gasteiger partial charge in [-0.15, -0.1) is 0 Å². The molecule has 0 saturated carbocycles. The van der Waals surface area contributed by atoms with Crippen LogP contribution in [0.5, 0.6) is 11.5 Å². The number of fused-ring (bicyclic) bond motifs is 1. The minimum atomic E-state index is 0.139. The summed E-state index contributed by atoms with van der Waals surface area (Å²) in [7, 11) is 0. The van der Waals surface area contributed by atoms with Gasteiger partial charge < -0.3 is 9.47 Å². The summed E-state index contributed by atoms with van der Waals surface area (Å²) in [5, 5.41) is 17.5. The maximum absolute atomic E-state index is 8.91. The Balaban J connectivity index is 2.56. The molecule has 1 aromatic rings. The molecule has 0 atom stereocenters. The Morgan fingerprint density at radius 1 is 1.29 bits per heavy atom. The lowest BCUT2D eigenvalue weighted by Gasteiger charge is -2.02. The monoisotopic (exact) mass is 186 g/mol. The van der Waals surface area contributed by atoms with Crippen LogP contribution in [-0.2, 0) is 6.42 Å². The molecule has 0 aromatic heterocycles. The van der Waals surface area contributed by atoms with Crippen LogP contribution in [0.15, 0.2) is 12.1 Å². The van der Waals surface area contributed by atoms with Crippen LogP contribution in [0.4, 0.5) is 0 Å². The summed E-state index contributed by atoms with van der Waals surface area (Å²) in [4.78, 5) is 0. The molecule has 0 bridgehead atoms. The van der Waals surface area contributed by atoms with E-state index in [2.05, 4.69) is 0 Å². The van der Waals surface area contributed by atoms with Gasteiger partial charge in [-0.05, 0) is 11.6 Å². The fourth-order valence-corrected chi connectivity index (χ4v) is 1.37. The van der Waals surface area contributed by atoms with Gasteiger partial charge in [-0.3, -0.25) is 0 Å². The lowest BCUT2D eigenvalue weighted by molar-refractivity contribution is 0.173. The Morgan fingerprint density at radius 2 is 2.14 bits per heavy atom. The molecule has 0 unspecified atom stereocenters. The second kappa shape index (κ2) is 3.27. The zero-order chi connectivity index (χ0) is 9.97. The van der Waals surface area contributed by atoms with E-state index in [0.29, 0.717) is 22.6 Å². The molecule has 0 amide bonds. The van der Waals surface area contributed by atoms with Crippen LogP contribution in [0, 0.1) is 22.7 Å². The number of benzene rings is 1. The molecule has 0 N–H and O–H groups in total. The van der Waals surface area contributed by atoms with Crippen molar-refractivity contribution in [1.82, 2.24) is 0 Å². The van der Waals surface area contributed by atoms with Crippen LogP contribution < -0.4 is 9.47 Å². The minimum absolute atomic E-state index is 0.139. The van der Waals surface area contributed by atoms with Gasteiger partial charge in [0, 0.05) is 0 Å². The molecule has 2 rings (SSSR count). The van der Waals surface area contributed by atoms with Gasteiger partial charge in [0.2, 0.25) is 6.79 Å². The van der Waals surface area contributed by atoms with E-state index in [4.69, 9.17) is 20.0 Å². The molecule has 1 heterocycles. The third kappa shape index (κ3) is 1.14. The van der Waals surface area contributed by atoms with E-state index in [1.807, 2.05) is 12.1 Å². The van der Waals surface area contributed by atoms with Crippen molar-refractivity contribution in [2.24, 2.45) is 0 Å². The second-order valence-electron chi connectivity index (χ2n) is 2.78. The van der Waals surface area contributed by atoms with Gasteiger partial charge in [-0.25, -0.2) is 0 Å². The molecule has 0 fully saturated rings. The highest BCUT2D eigenvalue weighted by Crippen LogP contribution is 2.37. The first kappa shape index (κ1) is 8.40. The number of nitriles is 2. The third-order valence-electron chi connectivity index (χ3n) is 2.01. The first-order valence-electron chi connectivity index (χ1n) is 4.05. The first-order chi connectivity index (χ1) is 6.86. The number of ether oxygens (including phenoxy) is 2. The van der Waals surface area contributed by atoms with Gasteiger partial charge in [-0.1, -0.05) is 6.07 Å². The molecule has 0 saturated heterocycles. The molecule has 4 nitrogen and oxygen atoms in total. The Kier molecular flexibility index (Phi) is 1.96. The molecule has 68 valence electrons. The number of nitrogens with zero attached hydrogens (tertiary/aromatic N) is 2. The van der Waals surface area contributed by atoms with E-state index >= 15 is 0 Å². The van der Waals surface area contributed by atoms with Crippen molar-refractivity contribution >= 4 is 0 Å². The summed E-state index contributed by atoms with van der Waals surface area (Å²) in [6.45, 7) is 0.139. The van der Waals surface area contributed by atoms with E-state index in [9.17, 15) is 0 Å². The second-order valence-corrected chi connectivity index (χ2v) is 2.78. The van der Waals surface area contributed by atoms with Crippen molar-refractivity contribution in [2.45, 2.75) is 6.42 Å². The van der Waals surface area contributed by atoms with E-state index in [-0.39, 0.29) is 13.2 Å². The zero-order valence-corrected chi connectivity index (χ0v) is 7.28. The highest BCUT2D eigenvalue weighted by atomic mass is 16.7. The van der Waals surface area contributed by atoms with E-state index in [1.165, 1.54) is 0 Å². The number of hydrogen-bond donors (Lipinski definition) is 0. The average molecular weight is 186 g/mol. The highest BCUT2D eigenvalue weighted by molar-refractivity contribution is 5.58. The molecule has 4 heteroatoms. The van der Waals surface area contributed by atoms with E-state index in [1.54, 1.807) is 12.1 Å². The van der Waals surface area contributed by atoms with Crippen molar-refractivity contribution < 1.29 is 9.47 Å². The highest BCUT2D eigenvalue weighted by Gasteiger charge is 2.20. The topological polar surface area (TPSA) is 66.0 Å². The van der Waals surface area contributed by atoms with Gasteiger partial charge in [0.05, 0.1) is 12.5 Å². The summed E-state index contributed by atoms with van der Waals surface area (Å²) in [6, 6.07) is 7.46. The lowest BCUT2D eigenvalue weighted by Crippen LogP contribution is -1.94. The molecule has 1 aromatic carbocycles. The van der Waals surface area contributed by atoms with Crippen molar-refractivity contribution in [2.75, 3.05) is 6.79 Å². The van der Waals surface area contributed by atoms with Crippen molar-refractivity contribution in [3.8, 4) is 23.6 Å². The summed E-state index contributed by atoms with van der Waals surface area (Å²) in [5.41, 5.74) is 1.08. The van der Waals surface area contributed by atoms with Gasteiger partial charge in [0.25, 0.3) is 0 Å². The number of hydrogen-bond acceptors (Lipinski definition) is 4. The Hall–Kier alpha value is -2.20. The smallest absolute Gasteiger partial charge is 0.231 e. The van der Waals surface area contributed by atoms with Gasteiger partial charge in [-0.2, -0.15) is 10.5 Å². The molecule has 0 aliphatic carbocycles. The van der Waals surface area contributed by atoms with Crippen molar-refractivity contribution in [1.29, 1.82) is 10.5 Å². The molecule has 14 heavy (non-hydrogen) atoms. The van der Waals surface area contributed by atoms with Crippen LogP contribution in [0.1, 0.15) is 11.1 Å². The average Bonchev–Trinajstić information content (AvgIpc) is 2.66. The molecular formula is C10H6N2O2. The Labute approximate surface area is 80.9 Å². The normalized spacial score (nSPS) is 11.9. The van der Waals surface area contributed by atoms with E-state index < -0.39 is 0 Å². The fourth-order valence-electron chi connectivity index (χ4n) is 1.37. The zero-order valence-electron chi connectivity index (χ0n) is 7.28. The SMILES string of the molecule is N#CCc1ccc2c(c1C#N)OCO2. The first-order valence-corrected chi connectivity index (χ1v) is 4.05. The van der Waals surface area contributed by atoms with E-state index in [0.717, 1.165) is 0 Å². The summed E-state index contributed by atoms with van der Waals surface area (Å²) in [5.74, 6) is 1.03. The van der Waals surface area contributed by atoms with Crippen LogP contribution in [0.2, 0.25) is 0 Å². The molecule has 0 radical (unpaired) electrons. The lowest BCUT2D eigenvalue weighted by atomic mass is 10.0. The maximum Gasteiger partial charge on any atom is 0.231 e. The van der Waals surface area contributed by atoms with Gasteiger partial charge in [0.15, 0.2) is 11.5 Å². The molecule has 1 aliphatic rings. The van der Waals surface area contributed by atoms with Crippen LogP contribution in [-0.4, -0.2) is 6.79 Å². The van der Waals surface area contributed by atoms with Crippen molar-refractivity contribution in [3.05, 3.63) is 23.3 Å². The van der Waals surface area contributed by atoms with Gasteiger partial charge in [0.1, 0.15) is 11.6 Å². The predicted octanol–water partition coefficient (Wildman–Crippen LogP) is 1.35. The molecule has 1 aliphatic heterocycles. The fraction of sp³-hybridized carbons (Fsp3) is 0.200. The number of rotatable bonds is 1. The summed E-state index contributed by atoms with van der Waals surface area (Å²) >= 11 is 0. The Bertz CT molecular complexity index is 454. The van der Waals surface area contributed by atoms with Gasteiger partial charge >= 0.3 is 0 Å². The summed E-state index contributed by atoms with van der Waals surface area (Å²) < 4.78 is 10.3. The van der Waals surface area contributed by atoms with Crippen LogP contribution >= 0.6 is 0 Å². The third-order valence-corrected chi connectivity index (χ3v) is 2.01. The largest absolute Gasteiger partial charge is 0.454 e. The van der Waals surface area contributed by atoms with Crippen LogP contribution in [0.3, 0.4) is 0 Å². The molecule has 0 spiro atoms. The van der Waals surface area contributed by atoms with Crippen LogP contribution in [0.25, 0.3) is 0 Å².